The molecule has 0 heterocycles. The van der Waals surface area contributed by atoms with Gasteiger partial charge in [0.15, 0.2) is 0 Å². The first-order chi connectivity index (χ1) is 17.3. The molecule has 25 heteroatoms. The van der Waals surface area contributed by atoms with Crippen LogP contribution in [0.15, 0.2) is 0 Å². The van der Waals surface area contributed by atoms with Crippen molar-refractivity contribution in [2.24, 2.45) is 0 Å². The Morgan fingerprint density at radius 1 is 0.325 bits per heavy atom. The maximum absolute atomic E-state index is 13.2. The van der Waals surface area contributed by atoms with Crippen LogP contribution in [0.3, 0.4) is 0 Å². The highest BCUT2D eigenvalue weighted by molar-refractivity contribution is 6.36. The molecule has 0 saturated heterocycles. The first kappa shape index (κ1) is 38.5. The van der Waals surface area contributed by atoms with Crippen LogP contribution in [0.1, 0.15) is 19.3 Å². The Hall–Kier alpha value is -1.53. The lowest BCUT2D eigenvalue weighted by Gasteiger charge is -2.29. The third-order valence-corrected chi connectivity index (χ3v) is 4.46. The fraction of sp³-hybridized carbons (Fsp3) is 1.00. The summed E-state index contributed by atoms with van der Waals surface area (Å²) in [7, 11) is -3.22. The van der Waals surface area contributed by atoms with Crippen molar-refractivity contribution >= 4 is 7.32 Å². The normalized spacial score (nSPS) is 15.5. The van der Waals surface area contributed by atoms with E-state index in [0.717, 1.165) is 0 Å². The quantitative estimate of drug-likeness (QED) is 0.135. The molecule has 0 bridgehead atoms. The molecule has 0 atom stereocenters. The van der Waals surface area contributed by atoms with E-state index in [2.05, 4.69) is 14.0 Å². The fourth-order valence-electron chi connectivity index (χ4n) is 2.09. The summed E-state index contributed by atoms with van der Waals surface area (Å²) in [5.41, 5.74) is 0. The van der Waals surface area contributed by atoms with Crippen LogP contribution in [0.5, 0.6) is 0 Å². The molecule has 0 aromatic carbocycles. The van der Waals surface area contributed by atoms with Crippen LogP contribution in [0, 0.1) is 0 Å². The summed E-state index contributed by atoms with van der Waals surface area (Å²) in [6.45, 7) is -6.44. The fourth-order valence-corrected chi connectivity index (χ4v) is 2.09. The lowest BCUT2D eigenvalue weighted by atomic mass is 10.1. The molecule has 0 saturated carbocycles. The molecule has 0 fully saturated rings. The standard InChI is InChI=1S/C15H12BF21O3/c17-7(18,10(23,24)13(29,30)31)1-4-38-16(39-5-2-8(19,20)11(25,26)14(32,33)34)40-6-3-9(21,22)12(27,28)15(35,36)37/h1-6H2. The molecule has 0 aromatic rings. The third-order valence-electron chi connectivity index (χ3n) is 4.46. The average molecular weight is 650 g/mol. The van der Waals surface area contributed by atoms with Gasteiger partial charge in [0.1, 0.15) is 0 Å². The molecule has 0 aliphatic carbocycles. The Labute approximate surface area is 208 Å². The molecule has 240 valence electrons. The zero-order valence-electron chi connectivity index (χ0n) is 18.5. The molecule has 0 aromatic heterocycles. The zero-order valence-corrected chi connectivity index (χ0v) is 18.5. The number of hydrogen-bond donors (Lipinski definition) is 0. The van der Waals surface area contributed by atoms with Gasteiger partial charge in [-0.15, -0.1) is 0 Å². The molecule has 0 aliphatic heterocycles. The predicted molar refractivity (Wildman–Crippen MR) is 85.3 cm³/mol. The highest BCUT2D eigenvalue weighted by atomic mass is 19.4. The van der Waals surface area contributed by atoms with Gasteiger partial charge in [-0.2, -0.15) is 92.2 Å². The van der Waals surface area contributed by atoms with E-state index in [4.69, 9.17) is 0 Å². The summed E-state index contributed by atoms with van der Waals surface area (Å²) in [4.78, 5) is 0. The monoisotopic (exact) mass is 650 g/mol. The van der Waals surface area contributed by atoms with Gasteiger partial charge in [0.2, 0.25) is 0 Å². The summed E-state index contributed by atoms with van der Waals surface area (Å²) in [6.07, 6.45) is -28.7. The van der Waals surface area contributed by atoms with Crippen molar-refractivity contribution in [2.75, 3.05) is 19.8 Å². The van der Waals surface area contributed by atoms with Gasteiger partial charge in [-0.25, -0.2) is 0 Å². The van der Waals surface area contributed by atoms with Crippen LogP contribution in [0.25, 0.3) is 0 Å². The van der Waals surface area contributed by atoms with E-state index in [0.29, 0.717) is 0 Å². The van der Waals surface area contributed by atoms with Crippen molar-refractivity contribution in [3.63, 3.8) is 0 Å². The molecule has 0 rings (SSSR count). The van der Waals surface area contributed by atoms with Gasteiger partial charge in [0.05, 0.1) is 0 Å². The van der Waals surface area contributed by atoms with E-state index in [1.54, 1.807) is 0 Å². The lowest BCUT2D eigenvalue weighted by molar-refractivity contribution is -0.356. The van der Waals surface area contributed by atoms with E-state index in [-0.39, 0.29) is 0 Å². The first-order valence-corrected chi connectivity index (χ1v) is 9.60. The van der Waals surface area contributed by atoms with Gasteiger partial charge in [0, 0.05) is 39.1 Å². The molecule has 3 nitrogen and oxygen atoms in total. The maximum Gasteiger partial charge on any atom is 0.639 e. The Balaban J connectivity index is 5.58. The first-order valence-electron chi connectivity index (χ1n) is 9.60. The Bertz CT molecular complexity index is 698. The van der Waals surface area contributed by atoms with Gasteiger partial charge >= 0.3 is 61.4 Å². The largest absolute Gasteiger partial charge is 0.639 e. The van der Waals surface area contributed by atoms with E-state index in [1.165, 1.54) is 0 Å². The highest BCUT2D eigenvalue weighted by Crippen LogP contribution is 2.50. The van der Waals surface area contributed by atoms with Crippen LogP contribution in [-0.2, 0) is 14.0 Å². The third kappa shape index (κ3) is 8.50. The Kier molecular flexibility index (Phi) is 11.5. The molecule has 0 N–H and O–H groups in total. The zero-order chi connectivity index (χ0) is 32.4. The molecule has 0 radical (unpaired) electrons. The molecular formula is C15H12BF21O3. The summed E-state index contributed by atoms with van der Waals surface area (Å²) in [6, 6.07) is 0. The van der Waals surface area contributed by atoms with Crippen molar-refractivity contribution in [3.05, 3.63) is 0 Å². The molecule has 0 aliphatic rings. The van der Waals surface area contributed by atoms with Crippen LogP contribution in [0.2, 0.25) is 0 Å². The van der Waals surface area contributed by atoms with Gasteiger partial charge in [0.25, 0.3) is 0 Å². The molecular weight excluding hydrogens is 638 g/mol. The van der Waals surface area contributed by atoms with Crippen molar-refractivity contribution in [1.82, 2.24) is 0 Å². The van der Waals surface area contributed by atoms with Crippen molar-refractivity contribution in [3.8, 4) is 0 Å². The van der Waals surface area contributed by atoms with Crippen LogP contribution in [-0.4, -0.2) is 81.2 Å². The second-order valence-electron chi connectivity index (χ2n) is 7.48. The number of rotatable bonds is 15. The summed E-state index contributed by atoms with van der Waals surface area (Å²) in [5.74, 6) is -38.4. The van der Waals surface area contributed by atoms with Crippen molar-refractivity contribution < 1.29 is 106 Å². The lowest BCUT2D eigenvalue weighted by Crippen LogP contribution is -2.53. The number of hydrogen-bond acceptors (Lipinski definition) is 3. The van der Waals surface area contributed by atoms with Gasteiger partial charge in [-0.1, -0.05) is 0 Å². The van der Waals surface area contributed by atoms with Gasteiger partial charge < -0.3 is 14.0 Å². The van der Waals surface area contributed by atoms with Crippen molar-refractivity contribution in [1.29, 1.82) is 0 Å². The minimum Gasteiger partial charge on any atom is -0.386 e. The van der Waals surface area contributed by atoms with Gasteiger partial charge in [-0.05, 0) is 0 Å². The summed E-state index contributed by atoms with van der Waals surface area (Å²) < 4.78 is 277. The van der Waals surface area contributed by atoms with E-state index in [1.807, 2.05) is 0 Å². The highest BCUT2D eigenvalue weighted by Gasteiger charge is 2.74. The SMILES string of the molecule is FC(F)(F)C(F)(F)C(F)(F)CCOB(OCCC(F)(F)C(F)(F)C(F)(F)F)OCCC(F)(F)C(F)(F)C(F)(F)F. The topological polar surface area (TPSA) is 27.7 Å². The Morgan fingerprint density at radius 3 is 0.650 bits per heavy atom. The Morgan fingerprint density at radius 2 is 0.500 bits per heavy atom. The second-order valence-corrected chi connectivity index (χ2v) is 7.48. The predicted octanol–water partition coefficient (Wildman–Crippen LogP) is 7.69. The van der Waals surface area contributed by atoms with E-state index in [9.17, 15) is 92.2 Å². The summed E-state index contributed by atoms with van der Waals surface area (Å²) in [5, 5.41) is 0. The minimum atomic E-state index is -6.88. The van der Waals surface area contributed by atoms with Crippen LogP contribution >= 0.6 is 0 Å². The smallest absolute Gasteiger partial charge is 0.386 e. The summed E-state index contributed by atoms with van der Waals surface area (Å²) >= 11 is 0. The molecule has 0 spiro atoms. The number of alkyl halides is 21. The number of halogens is 21. The van der Waals surface area contributed by atoms with Crippen molar-refractivity contribution in [2.45, 2.75) is 73.3 Å². The van der Waals surface area contributed by atoms with Crippen LogP contribution < -0.4 is 0 Å². The molecule has 0 unspecified atom stereocenters. The molecule has 0 amide bonds. The molecule has 40 heavy (non-hydrogen) atoms. The van der Waals surface area contributed by atoms with Gasteiger partial charge in [-0.3, -0.25) is 0 Å². The maximum atomic E-state index is 13.2. The second kappa shape index (κ2) is 12.0. The average Bonchev–Trinajstić information content (AvgIpc) is 2.70. The van der Waals surface area contributed by atoms with Crippen LogP contribution in [0.4, 0.5) is 92.2 Å². The minimum absolute atomic E-state index is 2.15. The van der Waals surface area contributed by atoms with E-state index >= 15 is 0 Å². The van der Waals surface area contributed by atoms with E-state index < -0.39 is 100 Å².